The molecule has 1 unspecified atom stereocenters. The molecule has 0 saturated carbocycles. The number of nitrogens with one attached hydrogen (secondary N) is 2. The summed E-state index contributed by atoms with van der Waals surface area (Å²) in [5.74, 6) is 1.80. The van der Waals surface area contributed by atoms with Gasteiger partial charge in [0.05, 0.1) is 6.54 Å². The Kier molecular flexibility index (Phi) is 4.30. The Morgan fingerprint density at radius 3 is 3.31 bits per heavy atom. The van der Waals surface area contributed by atoms with Gasteiger partial charge in [-0.1, -0.05) is 0 Å². The molecule has 1 aliphatic rings. The van der Waals surface area contributed by atoms with Crippen LogP contribution in [0.15, 0.2) is 6.33 Å². The van der Waals surface area contributed by atoms with Gasteiger partial charge in [-0.05, 0) is 45.3 Å². The molecule has 0 aliphatic carbocycles. The monoisotopic (exact) mass is 223 g/mol. The molecule has 2 N–H and O–H groups in total. The largest absolute Gasteiger partial charge is 0.317 e. The molecule has 1 aliphatic heterocycles. The van der Waals surface area contributed by atoms with Gasteiger partial charge < -0.3 is 15.2 Å². The Morgan fingerprint density at radius 1 is 1.62 bits per heavy atom. The van der Waals surface area contributed by atoms with Gasteiger partial charge in [0.2, 0.25) is 0 Å². The molecule has 1 aromatic heterocycles. The first-order valence-corrected chi connectivity index (χ1v) is 6.18. The highest BCUT2D eigenvalue weighted by atomic mass is 15.3. The standard InChI is InChI=1S/C11H21N5/c1-2-16-9-14-15-11(16)8-13-7-10-4-3-5-12-6-10/h9-10,12-13H,2-8H2,1H3. The van der Waals surface area contributed by atoms with Crippen LogP contribution in [0.2, 0.25) is 0 Å². The lowest BCUT2D eigenvalue weighted by molar-refractivity contribution is 0.357. The second kappa shape index (κ2) is 5.96. The third-order valence-corrected chi connectivity index (χ3v) is 3.15. The maximum atomic E-state index is 4.10. The van der Waals surface area contributed by atoms with Crippen molar-refractivity contribution in [3.05, 3.63) is 12.2 Å². The van der Waals surface area contributed by atoms with Crippen molar-refractivity contribution in [1.29, 1.82) is 0 Å². The van der Waals surface area contributed by atoms with E-state index in [1.54, 1.807) is 6.33 Å². The Hall–Kier alpha value is -0.940. The number of hydrogen-bond acceptors (Lipinski definition) is 4. The predicted octanol–water partition coefficient (Wildman–Crippen LogP) is 0.387. The van der Waals surface area contributed by atoms with Gasteiger partial charge in [0.25, 0.3) is 0 Å². The SMILES string of the molecule is CCn1cnnc1CNCC1CCCNC1. The van der Waals surface area contributed by atoms with Gasteiger partial charge in [-0.25, -0.2) is 0 Å². The van der Waals surface area contributed by atoms with Crippen LogP contribution in [0.25, 0.3) is 0 Å². The number of hydrogen-bond donors (Lipinski definition) is 2. The molecule has 0 spiro atoms. The summed E-state index contributed by atoms with van der Waals surface area (Å²) < 4.78 is 2.08. The minimum atomic E-state index is 0.770. The summed E-state index contributed by atoms with van der Waals surface area (Å²) in [4.78, 5) is 0. The van der Waals surface area contributed by atoms with Gasteiger partial charge in [-0.3, -0.25) is 0 Å². The second-order valence-corrected chi connectivity index (χ2v) is 4.38. The van der Waals surface area contributed by atoms with Crippen molar-refractivity contribution >= 4 is 0 Å². The van der Waals surface area contributed by atoms with E-state index >= 15 is 0 Å². The van der Waals surface area contributed by atoms with Gasteiger partial charge in [-0.15, -0.1) is 10.2 Å². The Balaban J connectivity index is 1.71. The molecule has 0 amide bonds. The minimum Gasteiger partial charge on any atom is -0.317 e. The highest BCUT2D eigenvalue weighted by molar-refractivity contribution is 4.85. The second-order valence-electron chi connectivity index (χ2n) is 4.38. The fourth-order valence-electron chi connectivity index (χ4n) is 2.17. The van der Waals surface area contributed by atoms with Crippen LogP contribution in [0.3, 0.4) is 0 Å². The molecule has 1 saturated heterocycles. The molecule has 2 rings (SSSR count). The zero-order chi connectivity index (χ0) is 11.2. The zero-order valence-electron chi connectivity index (χ0n) is 9.95. The maximum absolute atomic E-state index is 4.10. The Bertz CT molecular complexity index is 303. The summed E-state index contributed by atoms with van der Waals surface area (Å²) >= 11 is 0. The minimum absolute atomic E-state index is 0.770. The average molecular weight is 223 g/mol. The third kappa shape index (κ3) is 3.02. The van der Waals surface area contributed by atoms with Gasteiger partial charge in [0.1, 0.15) is 12.2 Å². The number of nitrogens with zero attached hydrogens (tertiary/aromatic N) is 3. The Labute approximate surface area is 96.6 Å². The fraction of sp³-hybridized carbons (Fsp3) is 0.818. The normalized spacial score (nSPS) is 21.2. The molecule has 1 aromatic rings. The van der Waals surface area contributed by atoms with Crippen molar-refractivity contribution in [1.82, 2.24) is 25.4 Å². The molecular weight excluding hydrogens is 202 g/mol. The maximum Gasteiger partial charge on any atom is 0.146 e. The molecule has 1 atom stereocenters. The van der Waals surface area contributed by atoms with Crippen molar-refractivity contribution in [3.8, 4) is 0 Å². The van der Waals surface area contributed by atoms with E-state index in [4.69, 9.17) is 0 Å². The van der Waals surface area contributed by atoms with Crippen LogP contribution in [0.4, 0.5) is 0 Å². The van der Waals surface area contributed by atoms with E-state index in [9.17, 15) is 0 Å². The molecule has 0 bridgehead atoms. The summed E-state index contributed by atoms with van der Waals surface area (Å²) in [5, 5.41) is 14.9. The van der Waals surface area contributed by atoms with Gasteiger partial charge >= 0.3 is 0 Å². The van der Waals surface area contributed by atoms with Gasteiger partial charge in [0, 0.05) is 6.54 Å². The zero-order valence-corrected chi connectivity index (χ0v) is 9.95. The van der Waals surface area contributed by atoms with E-state index < -0.39 is 0 Å². The summed E-state index contributed by atoms with van der Waals surface area (Å²) in [6.45, 7) is 7.27. The lowest BCUT2D eigenvalue weighted by Crippen LogP contribution is -2.36. The van der Waals surface area contributed by atoms with Gasteiger partial charge in [-0.2, -0.15) is 0 Å². The average Bonchev–Trinajstić information content (AvgIpc) is 2.78. The fourth-order valence-corrected chi connectivity index (χ4v) is 2.17. The molecule has 0 radical (unpaired) electrons. The van der Waals surface area contributed by atoms with Crippen LogP contribution >= 0.6 is 0 Å². The van der Waals surface area contributed by atoms with E-state index in [1.807, 2.05) is 0 Å². The van der Waals surface area contributed by atoms with Crippen LogP contribution in [0.5, 0.6) is 0 Å². The number of rotatable bonds is 5. The third-order valence-electron chi connectivity index (χ3n) is 3.15. The number of aromatic nitrogens is 3. The van der Waals surface area contributed by atoms with E-state index in [-0.39, 0.29) is 0 Å². The first kappa shape index (κ1) is 11.5. The van der Waals surface area contributed by atoms with Crippen LogP contribution < -0.4 is 10.6 Å². The molecular formula is C11H21N5. The van der Waals surface area contributed by atoms with Gasteiger partial charge in [0.15, 0.2) is 0 Å². The van der Waals surface area contributed by atoms with Crippen molar-refractivity contribution in [2.45, 2.75) is 32.9 Å². The van der Waals surface area contributed by atoms with Crippen molar-refractivity contribution in [2.24, 2.45) is 5.92 Å². The summed E-state index contributed by atoms with van der Waals surface area (Å²) in [7, 11) is 0. The summed E-state index contributed by atoms with van der Waals surface area (Å²) in [6.07, 6.45) is 4.43. The smallest absolute Gasteiger partial charge is 0.146 e. The van der Waals surface area contributed by atoms with E-state index in [0.29, 0.717) is 0 Å². The lowest BCUT2D eigenvalue weighted by Gasteiger charge is -2.22. The van der Waals surface area contributed by atoms with Crippen molar-refractivity contribution in [2.75, 3.05) is 19.6 Å². The molecule has 0 aromatic carbocycles. The molecule has 5 nitrogen and oxygen atoms in total. The van der Waals surface area contributed by atoms with Crippen LogP contribution in [0, 0.1) is 5.92 Å². The molecule has 2 heterocycles. The summed E-state index contributed by atoms with van der Waals surface area (Å²) in [5.41, 5.74) is 0. The van der Waals surface area contributed by atoms with E-state index in [0.717, 1.165) is 37.9 Å². The molecule has 90 valence electrons. The molecule has 1 fully saturated rings. The van der Waals surface area contributed by atoms with Crippen molar-refractivity contribution < 1.29 is 0 Å². The van der Waals surface area contributed by atoms with Crippen LogP contribution in [-0.2, 0) is 13.1 Å². The first-order chi connectivity index (χ1) is 7.90. The van der Waals surface area contributed by atoms with Crippen LogP contribution in [-0.4, -0.2) is 34.4 Å². The van der Waals surface area contributed by atoms with Crippen LogP contribution in [0.1, 0.15) is 25.6 Å². The lowest BCUT2D eigenvalue weighted by atomic mass is 10.00. The van der Waals surface area contributed by atoms with E-state index in [2.05, 4.69) is 32.3 Å². The first-order valence-electron chi connectivity index (χ1n) is 6.18. The topological polar surface area (TPSA) is 54.8 Å². The van der Waals surface area contributed by atoms with Crippen molar-refractivity contribution in [3.63, 3.8) is 0 Å². The Morgan fingerprint density at radius 2 is 2.56 bits per heavy atom. The number of piperidine rings is 1. The quantitative estimate of drug-likeness (QED) is 0.758. The van der Waals surface area contributed by atoms with E-state index in [1.165, 1.54) is 19.4 Å². The molecule has 5 heteroatoms. The summed E-state index contributed by atoms with van der Waals surface area (Å²) in [6, 6.07) is 0. The highest BCUT2D eigenvalue weighted by Crippen LogP contribution is 2.08. The highest BCUT2D eigenvalue weighted by Gasteiger charge is 2.12. The predicted molar refractivity (Wildman–Crippen MR) is 63.0 cm³/mol. The number of aryl methyl sites for hydroxylation is 1. The molecule has 16 heavy (non-hydrogen) atoms.